The predicted molar refractivity (Wildman–Crippen MR) is 89.1 cm³/mol. The summed E-state index contributed by atoms with van der Waals surface area (Å²) in [6.07, 6.45) is 7.60. The van der Waals surface area contributed by atoms with Gasteiger partial charge >= 0.3 is 0 Å². The molecule has 1 aliphatic rings. The fourth-order valence-corrected chi connectivity index (χ4v) is 3.39. The van der Waals surface area contributed by atoms with Crippen LogP contribution in [-0.4, -0.2) is 20.4 Å². The molecule has 5 nitrogen and oxygen atoms in total. The molecule has 0 radical (unpaired) electrons. The van der Waals surface area contributed by atoms with Crippen molar-refractivity contribution >= 4 is 17.1 Å². The first kappa shape index (κ1) is 13.9. The molecule has 0 bridgehead atoms. The van der Waals surface area contributed by atoms with Gasteiger partial charge < -0.3 is 5.73 Å². The highest BCUT2D eigenvalue weighted by atomic mass is 16.1. The third kappa shape index (κ3) is 2.38. The molecule has 1 aliphatic carbocycles. The highest BCUT2D eigenvalue weighted by molar-refractivity contribution is 6.03. The van der Waals surface area contributed by atoms with Gasteiger partial charge in [0.2, 0.25) is 0 Å². The van der Waals surface area contributed by atoms with Crippen molar-refractivity contribution in [1.82, 2.24) is 14.6 Å². The second-order valence-corrected chi connectivity index (χ2v) is 6.09. The summed E-state index contributed by atoms with van der Waals surface area (Å²) in [4.78, 5) is 17.1. The van der Waals surface area contributed by atoms with Gasteiger partial charge in [0.15, 0.2) is 11.4 Å². The maximum absolute atomic E-state index is 12.7. The van der Waals surface area contributed by atoms with Crippen LogP contribution in [0.25, 0.3) is 16.9 Å². The molecule has 23 heavy (non-hydrogen) atoms. The van der Waals surface area contributed by atoms with Gasteiger partial charge in [0.1, 0.15) is 0 Å². The molecule has 4 rings (SSSR count). The van der Waals surface area contributed by atoms with Gasteiger partial charge in [0, 0.05) is 23.4 Å². The number of anilines is 1. The van der Waals surface area contributed by atoms with Crippen LogP contribution in [0.15, 0.2) is 42.7 Å². The molecule has 2 N–H and O–H groups in total. The number of carbonyl (C=O) groups is 1. The molecule has 0 saturated heterocycles. The molecule has 0 unspecified atom stereocenters. The van der Waals surface area contributed by atoms with Gasteiger partial charge in [-0.25, -0.2) is 9.50 Å². The third-order valence-electron chi connectivity index (χ3n) is 4.58. The van der Waals surface area contributed by atoms with E-state index in [1.807, 2.05) is 30.3 Å². The lowest BCUT2D eigenvalue weighted by molar-refractivity contribution is 0.0924. The van der Waals surface area contributed by atoms with Crippen molar-refractivity contribution < 1.29 is 4.79 Å². The number of hydrogen-bond acceptors (Lipinski definition) is 4. The van der Waals surface area contributed by atoms with Crippen molar-refractivity contribution in [3.05, 3.63) is 48.3 Å². The summed E-state index contributed by atoms with van der Waals surface area (Å²) in [5.41, 5.74) is 9.67. The van der Waals surface area contributed by atoms with E-state index in [1.165, 1.54) is 0 Å². The molecule has 0 amide bonds. The zero-order valence-corrected chi connectivity index (χ0v) is 12.8. The highest BCUT2D eigenvalue weighted by Gasteiger charge is 2.27. The topological polar surface area (TPSA) is 73.3 Å². The lowest BCUT2D eigenvalue weighted by atomic mass is 9.98. The van der Waals surface area contributed by atoms with Crippen LogP contribution in [0.5, 0.6) is 0 Å². The van der Waals surface area contributed by atoms with E-state index in [9.17, 15) is 4.79 Å². The molecular formula is C18H18N4O. The Morgan fingerprint density at radius 3 is 2.83 bits per heavy atom. The van der Waals surface area contributed by atoms with Crippen LogP contribution in [-0.2, 0) is 0 Å². The minimum absolute atomic E-state index is 0.126. The van der Waals surface area contributed by atoms with Crippen molar-refractivity contribution in [3.8, 4) is 11.3 Å². The Bertz CT molecular complexity index is 878. The average Bonchev–Trinajstić information content (AvgIpc) is 3.23. The maximum atomic E-state index is 12.7. The van der Waals surface area contributed by atoms with E-state index in [-0.39, 0.29) is 11.7 Å². The first-order chi connectivity index (χ1) is 11.2. The van der Waals surface area contributed by atoms with Gasteiger partial charge in [0.25, 0.3) is 0 Å². The van der Waals surface area contributed by atoms with E-state index >= 15 is 0 Å². The molecule has 116 valence electrons. The van der Waals surface area contributed by atoms with E-state index < -0.39 is 0 Å². The molecule has 1 fully saturated rings. The summed E-state index contributed by atoms with van der Waals surface area (Å²) >= 11 is 0. The number of nitrogens with zero attached hydrogens (tertiary/aromatic N) is 3. The molecule has 5 heteroatoms. The monoisotopic (exact) mass is 306 g/mol. The number of carbonyl (C=O) groups excluding carboxylic acids is 1. The Morgan fingerprint density at radius 2 is 2.04 bits per heavy atom. The van der Waals surface area contributed by atoms with Crippen LogP contribution in [0.1, 0.15) is 36.0 Å². The molecule has 0 aliphatic heterocycles. The standard InChI is InChI=1S/C18H18N4O/c19-14-7-3-6-13(10-14)16-8-9-20-18-15(11-21-22(16)18)17(23)12-4-1-2-5-12/h3,6-12H,1-2,4-5,19H2. The number of hydrogen-bond donors (Lipinski definition) is 1. The Morgan fingerprint density at radius 1 is 1.22 bits per heavy atom. The summed E-state index contributed by atoms with van der Waals surface area (Å²) in [5, 5.41) is 4.41. The molecule has 0 atom stereocenters. The van der Waals surface area contributed by atoms with Crippen molar-refractivity contribution in [2.45, 2.75) is 25.7 Å². The summed E-state index contributed by atoms with van der Waals surface area (Å²) in [6, 6.07) is 9.52. The van der Waals surface area contributed by atoms with Crippen LogP contribution in [0, 0.1) is 5.92 Å². The number of rotatable bonds is 3. The second kappa shape index (κ2) is 5.50. The molecule has 2 heterocycles. The van der Waals surface area contributed by atoms with Gasteiger partial charge in [-0.15, -0.1) is 0 Å². The van der Waals surface area contributed by atoms with Crippen LogP contribution >= 0.6 is 0 Å². The Balaban J connectivity index is 1.82. The lowest BCUT2D eigenvalue weighted by Gasteiger charge is -2.07. The van der Waals surface area contributed by atoms with Crippen molar-refractivity contribution in [2.24, 2.45) is 5.92 Å². The number of benzene rings is 1. The van der Waals surface area contributed by atoms with Gasteiger partial charge in [-0.3, -0.25) is 4.79 Å². The molecular weight excluding hydrogens is 288 g/mol. The second-order valence-electron chi connectivity index (χ2n) is 6.09. The number of Topliss-reactive ketones (excluding diaryl/α,β-unsaturated/α-hetero) is 1. The van der Waals surface area contributed by atoms with E-state index in [4.69, 9.17) is 5.73 Å². The number of ketones is 1. The number of aromatic nitrogens is 3. The van der Waals surface area contributed by atoms with Crippen LogP contribution in [0.3, 0.4) is 0 Å². The van der Waals surface area contributed by atoms with E-state index in [2.05, 4.69) is 10.1 Å². The summed E-state index contributed by atoms with van der Waals surface area (Å²) < 4.78 is 1.73. The van der Waals surface area contributed by atoms with E-state index in [0.29, 0.717) is 16.9 Å². The van der Waals surface area contributed by atoms with Crippen LogP contribution in [0.4, 0.5) is 5.69 Å². The maximum Gasteiger partial charge on any atom is 0.171 e. The zero-order chi connectivity index (χ0) is 15.8. The van der Waals surface area contributed by atoms with Crippen molar-refractivity contribution in [2.75, 3.05) is 5.73 Å². The molecule has 1 aromatic carbocycles. The average molecular weight is 306 g/mol. The van der Waals surface area contributed by atoms with Gasteiger partial charge in [-0.1, -0.05) is 25.0 Å². The first-order valence-electron chi connectivity index (χ1n) is 7.97. The van der Waals surface area contributed by atoms with Crippen LogP contribution < -0.4 is 5.73 Å². The minimum atomic E-state index is 0.126. The smallest absolute Gasteiger partial charge is 0.171 e. The molecule has 1 saturated carbocycles. The van der Waals surface area contributed by atoms with Gasteiger partial charge in [-0.05, 0) is 31.0 Å². The fraction of sp³-hybridized carbons (Fsp3) is 0.278. The van der Waals surface area contributed by atoms with Gasteiger partial charge in [-0.2, -0.15) is 5.10 Å². The number of fused-ring (bicyclic) bond motifs is 1. The zero-order valence-electron chi connectivity index (χ0n) is 12.8. The number of nitrogen functional groups attached to an aromatic ring is 1. The quantitative estimate of drug-likeness (QED) is 0.595. The summed E-state index contributed by atoms with van der Waals surface area (Å²) in [7, 11) is 0. The fourth-order valence-electron chi connectivity index (χ4n) is 3.39. The Kier molecular flexibility index (Phi) is 3.33. The lowest BCUT2D eigenvalue weighted by Crippen LogP contribution is -2.11. The van der Waals surface area contributed by atoms with Crippen molar-refractivity contribution in [3.63, 3.8) is 0 Å². The normalized spacial score (nSPS) is 15.3. The molecule has 3 aromatic rings. The largest absolute Gasteiger partial charge is 0.399 e. The third-order valence-corrected chi connectivity index (χ3v) is 4.58. The predicted octanol–water partition coefficient (Wildman–Crippen LogP) is 3.35. The SMILES string of the molecule is Nc1cccc(-c2ccnc3c(C(=O)C4CCCC4)cnn23)c1. The van der Waals surface area contributed by atoms with Gasteiger partial charge in [0.05, 0.1) is 17.5 Å². The highest BCUT2D eigenvalue weighted by Crippen LogP contribution is 2.30. The summed E-state index contributed by atoms with van der Waals surface area (Å²) in [6.45, 7) is 0. The van der Waals surface area contributed by atoms with E-state index in [1.54, 1.807) is 16.9 Å². The first-order valence-corrected chi connectivity index (χ1v) is 7.97. The Hall–Kier alpha value is -2.69. The number of nitrogens with two attached hydrogens (primary N) is 1. The summed E-state index contributed by atoms with van der Waals surface area (Å²) in [5.74, 6) is 0.301. The minimum Gasteiger partial charge on any atom is -0.399 e. The molecule has 0 spiro atoms. The van der Waals surface area contributed by atoms with E-state index in [0.717, 1.165) is 36.9 Å². The molecule has 2 aromatic heterocycles. The van der Waals surface area contributed by atoms with Crippen LogP contribution in [0.2, 0.25) is 0 Å². The Labute approximate surface area is 134 Å². The van der Waals surface area contributed by atoms with Crippen molar-refractivity contribution in [1.29, 1.82) is 0 Å².